The van der Waals surface area contributed by atoms with E-state index < -0.39 is 16.9 Å². The molecular weight excluding hydrogens is 354 g/mol. The highest BCUT2D eigenvalue weighted by molar-refractivity contribution is 7.99. The van der Waals surface area contributed by atoms with E-state index in [1.54, 1.807) is 12.1 Å². The number of rotatable bonds is 6. The summed E-state index contributed by atoms with van der Waals surface area (Å²) in [7, 11) is 1.30. The third-order valence-electron chi connectivity index (χ3n) is 3.95. The molecule has 0 spiro atoms. The highest BCUT2D eigenvalue weighted by Gasteiger charge is 2.20. The minimum atomic E-state index is -0.788. The molecule has 3 rings (SSSR count). The zero-order valence-electron chi connectivity index (χ0n) is 14.0. The van der Waals surface area contributed by atoms with Crippen molar-refractivity contribution >= 4 is 34.3 Å². The summed E-state index contributed by atoms with van der Waals surface area (Å²) >= 11 is 1.37. The molecule has 26 heavy (non-hydrogen) atoms. The number of nitrogens with one attached hydrogen (secondary N) is 1. The van der Waals surface area contributed by atoms with E-state index in [0.717, 1.165) is 26.4 Å². The Morgan fingerprint density at radius 3 is 2.81 bits per heavy atom. The molecule has 1 heterocycles. The first-order valence-electron chi connectivity index (χ1n) is 7.85. The lowest BCUT2D eigenvalue weighted by Crippen LogP contribution is -2.33. The number of H-pyrrole nitrogens is 1. The van der Waals surface area contributed by atoms with Gasteiger partial charge in [-0.25, -0.2) is 0 Å². The number of aromatic nitrogens is 1. The van der Waals surface area contributed by atoms with Crippen molar-refractivity contribution in [1.82, 2.24) is 4.98 Å². The summed E-state index contributed by atoms with van der Waals surface area (Å²) in [6.45, 7) is 0. The monoisotopic (exact) mass is 371 g/mol. The van der Waals surface area contributed by atoms with E-state index in [2.05, 4.69) is 4.98 Å². The van der Waals surface area contributed by atoms with Crippen LogP contribution in [0.5, 0.6) is 0 Å². The summed E-state index contributed by atoms with van der Waals surface area (Å²) in [6.07, 6.45) is 0.300. The fourth-order valence-electron chi connectivity index (χ4n) is 2.70. The van der Waals surface area contributed by atoms with E-state index in [1.165, 1.54) is 31.0 Å². The topological polar surface area (TPSA) is 111 Å². The maximum atomic E-state index is 11.7. The Bertz CT molecular complexity index is 970. The van der Waals surface area contributed by atoms with E-state index in [9.17, 15) is 14.9 Å². The highest BCUT2D eigenvalue weighted by Crippen LogP contribution is 2.36. The fourth-order valence-corrected chi connectivity index (χ4v) is 3.74. The third kappa shape index (κ3) is 3.71. The number of carbonyl (C=O) groups is 1. The lowest BCUT2D eigenvalue weighted by atomic mass is 10.1. The second-order valence-corrected chi connectivity index (χ2v) is 6.75. The van der Waals surface area contributed by atoms with Crippen LogP contribution in [-0.4, -0.2) is 29.0 Å². The van der Waals surface area contributed by atoms with E-state index in [4.69, 9.17) is 10.5 Å². The number of carbonyl (C=O) groups excluding carboxylic acids is 1. The highest BCUT2D eigenvalue weighted by atomic mass is 32.2. The first-order valence-corrected chi connectivity index (χ1v) is 8.66. The molecule has 3 N–H and O–H groups in total. The van der Waals surface area contributed by atoms with Crippen molar-refractivity contribution in [2.75, 3.05) is 7.11 Å². The van der Waals surface area contributed by atoms with Gasteiger partial charge in [0.05, 0.1) is 17.1 Å². The molecule has 0 bridgehead atoms. The molecule has 1 aromatic heterocycles. The lowest BCUT2D eigenvalue weighted by molar-refractivity contribution is -0.385. The number of nitro benzene ring substituents is 1. The molecule has 0 amide bonds. The largest absolute Gasteiger partial charge is 0.468 e. The molecule has 8 heteroatoms. The second-order valence-electron chi connectivity index (χ2n) is 5.67. The molecule has 3 aromatic rings. The van der Waals surface area contributed by atoms with Crippen molar-refractivity contribution in [3.63, 3.8) is 0 Å². The quantitative estimate of drug-likeness (QED) is 0.391. The standard InChI is InChI=1S/C18H17N3O4S/c1-25-18(22)15(19)10-14-13-7-2-3-8-16(13)20-17(14)26-12-6-4-5-11(9-12)21(23)24/h2-9,15,20H,10,19H2,1H3/t15-/m0/s1. The van der Waals surface area contributed by atoms with Gasteiger partial charge in [0.25, 0.3) is 5.69 Å². The number of non-ortho nitro benzene ring substituents is 1. The summed E-state index contributed by atoms with van der Waals surface area (Å²) in [6, 6.07) is 13.3. The Morgan fingerprint density at radius 1 is 1.31 bits per heavy atom. The summed E-state index contributed by atoms with van der Waals surface area (Å²) in [5, 5.41) is 12.7. The van der Waals surface area contributed by atoms with Gasteiger partial charge in [0.15, 0.2) is 0 Å². The van der Waals surface area contributed by atoms with Gasteiger partial charge in [-0.2, -0.15) is 0 Å². The number of fused-ring (bicyclic) bond motifs is 1. The normalized spacial score (nSPS) is 12.1. The minimum absolute atomic E-state index is 0.0268. The summed E-state index contributed by atoms with van der Waals surface area (Å²) in [5.41, 5.74) is 7.77. The maximum Gasteiger partial charge on any atom is 0.322 e. The van der Waals surface area contributed by atoms with Crippen LogP contribution in [0.4, 0.5) is 5.69 Å². The summed E-state index contributed by atoms with van der Waals surface area (Å²) in [4.78, 5) is 26.3. The Hall–Kier alpha value is -2.84. The molecule has 0 aliphatic heterocycles. The number of benzene rings is 2. The van der Waals surface area contributed by atoms with Crippen molar-refractivity contribution < 1.29 is 14.5 Å². The molecule has 0 aliphatic carbocycles. The van der Waals surface area contributed by atoms with Gasteiger partial charge < -0.3 is 15.5 Å². The first kappa shape index (κ1) is 18.0. The van der Waals surface area contributed by atoms with Crippen LogP contribution in [0.2, 0.25) is 0 Å². The van der Waals surface area contributed by atoms with Gasteiger partial charge in [-0.3, -0.25) is 14.9 Å². The van der Waals surface area contributed by atoms with Crippen molar-refractivity contribution in [1.29, 1.82) is 0 Å². The van der Waals surface area contributed by atoms with Crippen molar-refractivity contribution in [3.8, 4) is 0 Å². The van der Waals surface area contributed by atoms with Gasteiger partial charge in [0, 0.05) is 34.4 Å². The summed E-state index contributed by atoms with van der Waals surface area (Å²) in [5.74, 6) is -0.485. The SMILES string of the molecule is COC(=O)[C@@H](N)Cc1c(Sc2cccc([N+](=O)[O-])c2)[nH]c2ccccc12. The number of methoxy groups -OCH3 is 1. The predicted octanol–water partition coefficient (Wildman–Crippen LogP) is 3.27. The number of nitro groups is 1. The third-order valence-corrected chi connectivity index (χ3v) is 4.99. The van der Waals surface area contributed by atoms with Crippen molar-refractivity contribution in [3.05, 3.63) is 64.2 Å². The zero-order valence-corrected chi connectivity index (χ0v) is 14.8. The number of esters is 1. The van der Waals surface area contributed by atoms with E-state index >= 15 is 0 Å². The molecule has 0 unspecified atom stereocenters. The van der Waals surface area contributed by atoms with Gasteiger partial charge in [0.2, 0.25) is 0 Å². The number of hydrogen-bond acceptors (Lipinski definition) is 6. The molecule has 0 saturated carbocycles. The van der Waals surface area contributed by atoms with Crippen LogP contribution >= 0.6 is 11.8 Å². The molecule has 7 nitrogen and oxygen atoms in total. The van der Waals surface area contributed by atoms with Crippen LogP contribution < -0.4 is 5.73 Å². The molecule has 2 aromatic carbocycles. The van der Waals surface area contributed by atoms with Crippen LogP contribution in [0, 0.1) is 10.1 Å². The second kappa shape index (κ2) is 7.59. The van der Waals surface area contributed by atoms with Gasteiger partial charge in [-0.05, 0) is 17.7 Å². The van der Waals surface area contributed by atoms with Gasteiger partial charge in [-0.1, -0.05) is 36.0 Å². The fraction of sp³-hybridized carbons (Fsp3) is 0.167. The van der Waals surface area contributed by atoms with Gasteiger partial charge >= 0.3 is 5.97 Å². The molecule has 1 atom stereocenters. The Morgan fingerprint density at radius 2 is 2.08 bits per heavy atom. The number of hydrogen-bond donors (Lipinski definition) is 2. The molecule has 0 fully saturated rings. The smallest absolute Gasteiger partial charge is 0.322 e. The zero-order chi connectivity index (χ0) is 18.7. The van der Waals surface area contributed by atoms with Gasteiger partial charge in [-0.15, -0.1) is 0 Å². The molecule has 134 valence electrons. The average Bonchev–Trinajstić information content (AvgIpc) is 2.98. The van der Waals surface area contributed by atoms with Crippen LogP contribution in [0.15, 0.2) is 58.5 Å². The molecule has 0 aliphatic rings. The lowest BCUT2D eigenvalue weighted by Gasteiger charge is -2.10. The van der Waals surface area contributed by atoms with Crippen molar-refractivity contribution in [2.24, 2.45) is 5.73 Å². The predicted molar refractivity (Wildman–Crippen MR) is 99.2 cm³/mol. The van der Waals surface area contributed by atoms with E-state index in [-0.39, 0.29) is 5.69 Å². The van der Waals surface area contributed by atoms with Gasteiger partial charge in [0.1, 0.15) is 6.04 Å². The Balaban J connectivity index is 1.99. The van der Waals surface area contributed by atoms with E-state index in [1.807, 2.05) is 24.3 Å². The average molecular weight is 371 g/mol. The van der Waals surface area contributed by atoms with Crippen molar-refractivity contribution in [2.45, 2.75) is 22.4 Å². The molecular formula is C18H17N3O4S. The van der Waals surface area contributed by atoms with Crippen LogP contribution in [-0.2, 0) is 16.0 Å². The number of ether oxygens (including phenoxy) is 1. The Labute approximate surface area is 153 Å². The Kier molecular flexibility index (Phi) is 5.24. The number of nitrogens with zero attached hydrogens (tertiary/aromatic N) is 1. The molecule has 0 radical (unpaired) electrons. The van der Waals surface area contributed by atoms with Crippen LogP contribution in [0.3, 0.4) is 0 Å². The van der Waals surface area contributed by atoms with Crippen LogP contribution in [0.25, 0.3) is 10.9 Å². The van der Waals surface area contributed by atoms with Crippen LogP contribution in [0.1, 0.15) is 5.56 Å². The maximum absolute atomic E-state index is 11.7. The minimum Gasteiger partial charge on any atom is -0.468 e. The molecule has 0 saturated heterocycles. The number of para-hydroxylation sites is 1. The number of nitrogens with two attached hydrogens (primary N) is 1. The first-order chi connectivity index (χ1) is 12.5. The number of aromatic amines is 1. The van der Waals surface area contributed by atoms with E-state index in [0.29, 0.717) is 6.42 Å². The summed E-state index contributed by atoms with van der Waals surface area (Å²) < 4.78 is 4.72.